The van der Waals surface area contributed by atoms with E-state index in [2.05, 4.69) is 24.5 Å². The van der Waals surface area contributed by atoms with Crippen molar-refractivity contribution in [2.75, 3.05) is 17.3 Å². The maximum atomic E-state index is 14.6. The molecule has 0 aromatic heterocycles. The quantitative estimate of drug-likeness (QED) is 0.209. The van der Waals surface area contributed by atoms with Gasteiger partial charge in [-0.05, 0) is 114 Å². The van der Waals surface area contributed by atoms with Crippen LogP contribution in [-0.2, 0) is 14.3 Å². The number of alkyl carbamates (subject to hydrolysis) is 1. The zero-order valence-electron chi connectivity index (χ0n) is 26.9. The van der Waals surface area contributed by atoms with Gasteiger partial charge in [0.1, 0.15) is 23.4 Å². The van der Waals surface area contributed by atoms with Crippen LogP contribution in [0.1, 0.15) is 83.5 Å². The van der Waals surface area contributed by atoms with Gasteiger partial charge in [0.15, 0.2) is 0 Å². The van der Waals surface area contributed by atoms with Gasteiger partial charge in [-0.15, -0.1) is 0 Å². The van der Waals surface area contributed by atoms with Gasteiger partial charge < -0.3 is 25.4 Å². The molecule has 0 aliphatic heterocycles. The van der Waals surface area contributed by atoms with Gasteiger partial charge in [0.2, 0.25) is 5.91 Å². The smallest absolute Gasteiger partial charge is 0.408 e. The topological polar surface area (TPSA) is 108 Å². The molecule has 0 spiro atoms. The Labute approximate surface area is 266 Å². The summed E-state index contributed by atoms with van der Waals surface area (Å²) in [5.74, 6) is 0.222. The van der Waals surface area contributed by atoms with Crippen molar-refractivity contribution in [3.05, 3.63) is 58.1 Å². The van der Waals surface area contributed by atoms with E-state index >= 15 is 0 Å². The Balaban J connectivity index is 2.69. The fourth-order valence-corrected chi connectivity index (χ4v) is 5.44. The summed E-state index contributed by atoms with van der Waals surface area (Å²) in [6.07, 6.45) is 3.04. The summed E-state index contributed by atoms with van der Waals surface area (Å²) in [5.41, 5.74) is 1.58. The molecule has 3 N–H and O–H groups in total. The zero-order chi connectivity index (χ0) is 32.5. The molecular weight excluding hydrogens is 586 g/mol. The summed E-state index contributed by atoms with van der Waals surface area (Å²) in [5, 5.41) is 16.4. The highest BCUT2D eigenvalue weighted by molar-refractivity contribution is 7.98. The lowest BCUT2D eigenvalue weighted by atomic mass is 9.95. The lowest BCUT2D eigenvalue weighted by Crippen LogP contribution is -2.55. The number of aryl methyl sites for hydroxylation is 2. The molecule has 2 rings (SSSR count). The van der Waals surface area contributed by atoms with Crippen LogP contribution >= 0.6 is 23.4 Å². The lowest BCUT2D eigenvalue weighted by Gasteiger charge is -2.39. The number of hydrogen-bond donors (Lipinski definition) is 3. The molecule has 238 valence electrons. The first-order valence-electron chi connectivity index (χ1n) is 14.7. The van der Waals surface area contributed by atoms with Crippen molar-refractivity contribution in [1.29, 1.82) is 0 Å². The molecule has 0 bridgehead atoms. The molecule has 8 nitrogen and oxygen atoms in total. The van der Waals surface area contributed by atoms with Crippen molar-refractivity contribution in [2.24, 2.45) is 5.92 Å². The second-order valence-electron chi connectivity index (χ2n) is 12.4. The van der Waals surface area contributed by atoms with Gasteiger partial charge in [0, 0.05) is 6.04 Å². The van der Waals surface area contributed by atoms with E-state index in [1.807, 2.05) is 26.2 Å². The van der Waals surface area contributed by atoms with E-state index in [-0.39, 0.29) is 11.8 Å². The predicted molar refractivity (Wildman–Crippen MR) is 177 cm³/mol. The zero-order valence-corrected chi connectivity index (χ0v) is 28.5. The lowest BCUT2D eigenvalue weighted by molar-refractivity contribution is -0.143. The Kier molecular flexibility index (Phi) is 13.7. The number of amides is 3. The van der Waals surface area contributed by atoms with Crippen LogP contribution in [0.25, 0.3) is 0 Å². The van der Waals surface area contributed by atoms with Crippen molar-refractivity contribution >= 4 is 47.0 Å². The minimum Gasteiger partial charge on any atom is -0.508 e. The third-order valence-electron chi connectivity index (χ3n) is 7.02. The van der Waals surface area contributed by atoms with E-state index in [1.165, 1.54) is 6.07 Å². The normalized spacial score (nSPS) is 13.7. The molecule has 0 aliphatic carbocycles. The van der Waals surface area contributed by atoms with Crippen LogP contribution in [0.5, 0.6) is 5.75 Å². The fraction of sp³-hybridized carbons (Fsp3) is 0.545. The molecule has 10 heteroatoms. The Morgan fingerprint density at radius 1 is 1.02 bits per heavy atom. The first-order valence-corrected chi connectivity index (χ1v) is 16.5. The standard InChI is InChI=1S/C33H48ClN3O5S/c1-20(2)13-14-23(5)37(31(40)26(17-18-43-9)35-32(41)42-33(6,7)8)29(24-15-16-27(38)22(4)19-24)30(39)36-28-21(3)11-10-12-25(28)34/h10-12,15-16,19-20,23,26,29,38H,13-14,17-18H2,1-9H3,(H,35,41)(H,36,39). The Morgan fingerprint density at radius 2 is 1.70 bits per heavy atom. The molecule has 3 amide bonds. The fourth-order valence-electron chi connectivity index (χ4n) is 4.70. The number of nitrogens with one attached hydrogen (secondary N) is 2. The van der Waals surface area contributed by atoms with Gasteiger partial charge in [-0.25, -0.2) is 4.79 Å². The summed E-state index contributed by atoms with van der Waals surface area (Å²) >= 11 is 8.04. The van der Waals surface area contributed by atoms with E-state index in [0.717, 1.165) is 12.0 Å². The third kappa shape index (κ3) is 10.9. The summed E-state index contributed by atoms with van der Waals surface area (Å²) in [4.78, 5) is 43.4. The number of halogens is 1. The SMILES string of the molecule is CSCCC(NC(=O)OC(C)(C)C)C(=O)N(C(C)CCC(C)C)C(C(=O)Nc1c(C)cccc1Cl)c1ccc(O)c(C)c1. The molecule has 2 aromatic carbocycles. The number of aromatic hydroxyl groups is 1. The number of anilines is 1. The number of para-hydroxylation sites is 1. The second kappa shape index (κ2) is 16.2. The Bertz CT molecular complexity index is 1240. The maximum absolute atomic E-state index is 14.6. The molecule has 3 atom stereocenters. The van der Waals surface area contributed by atoms with Crippen LogP contribution in [0, 0.1) is 19.8 Å². The number of thioether (sulfide) groups is 1. The predicted octanol–water partition coefficient (Wildman–Crippen LogP) is 7.64. The summed E-state index contributed by atoms with van der Waals surface area (Å²) in [7, 11) is 0. The average molecular weight is 634 g/mol. The first kappa shape index (κ1) is 36.3. The molecule has 0 saturated carbocycles. The highest BCUT2D eigenvalue weighted by Gasteiger charge is 2.39. The largest absolute Gasteiger partial charge is 0.508 e. The van der Waals surface area contributed by atoms with Gasteiger partial charge in [-0.2, -0.15) is 11.8 Å². The summed E-state index contributed by atoms with van der Waals surface area (Å²) in [6, 6.07) is 7.85. The molecular formula is C33H48ClN3O5S. The third-order valence-corrected chi connectivity index (χ3v) is 7.98. The van der Waals surface area contributed by atoms with E-state index in [9.17, 15) is 19.5 Å². The van der Waals surface area contributed by atoms with Crippen LogP contribution in [0.15, 0.2) is 36.4 Å². The number of carbonyl (C=O) groups excluding carboxylic acids is 3. The van der Waals surface area contributed by atoms with Crippen LogP contribution < -0.4 is 10.6 Å². The van der Waals surface area contributed by atoms with Gasteiger partial charge in [0.05, 0.1) is 10.7 Å². The molecule has 0 saturated heterocycles. The number of benzene rings is 2. The van der Waals surface area contributed by atoms with Crippen molar-refractivity contribution in [1.82, 2.24) is 10.2 Å². The monoisotopic (exact) mass is 633 g/mol. The van der Waals surface area contributed by atoms with Crippen LogP contribution in [-0.4, -0.2) is 57.6 Å². The highest BCUT2D eigenvalue weighted by Crippen LogP contribution is 2.33. The van der Waals surface area contributed by atoms with Gasteiger partial charge in [-0.1, -0.05) is 43.6 Å². The average Bonchev–Trinajstić information content (AvgIpc) is 2.90. The van der Waals surface area contributed by atoms with E-state index < -0.39 is 35.6 Å². The van der Waals surface area contributed by atoms with Gasteiger partial charge in [0.25, 0.3) is 5.91 Å². The minimum absolute atomic E-state index is 0.0834. The molecule has 0 radical (unpaired) electrons. The van der Waals surface area contributed by atoms with Gasteiger partial charge in [-0.3, -0.25) is 9.59 Å². The molecule has 2 aromatic rings. The van der Waals surface area contributed by atoms with E-state index in [0.29, 0.717) is 46.3 Å². The van der Waals surface area contributed by atoms with Crippen LogP contribution in [0.2, 0.25) is 5.02 Å². The highest BCUT2D eigenvalue weighted by atomic mass is 35.5. The van der Waals surface area contributed by atoms with Crippen molar-refractivity contribution in [3.8, 4) is 5.75 Å². The number of hydrogen-bond acceptors (Lipinski definition) is 6. The van der Waals surface area contributed by atoms with Crippen LogP contribution in [0.4, 0.5) is 10.5 Å². The number of phenols is 1. The molecule has 0 aliphatic rings. The number of ether oxygens (including phenoxy) is 1. The Hall–Kier alpha value is -2.91. The molecule has 0 heterocycles. The molecule has 0 fully saturated rings. The number of carbonyl (C=O) groups is 3. The number of rotatable bonds is 13. The van der Waals surface area contributed by atoms with E-state index in [1.54, 1.807) is 68.6 Å². The second-order valence-corrected chi connectivity index (χ2v) is 13.8. The van der Waals surface area contributed by atoms with E-state index in [4.69, 9.17) is 16.3 Å². The molecule has 3 unspecified atom stereocenters. The summed E-state index contributed by atoms with van der Waals surface area (Å²) < 4.78 is 5.50. The first-order chi connectivity index (χ1) is 20.0. The van der Waals surface area contributed by atoms with Gasteiger partial charge >= 0.3 is 6.09 Å². The number of nitrogens with zero attached hydrogens (tertiary/aromatic N) is 1. The Morgan fingerprint density at radius 3 is 2.26 bits per heavy atom. The number of phenolic OH excluding ortho intramolecular Hbond substituents is 1. The molecule has 43 heavy (non-hydrogen) atoms. The maximum Gasteiger partial charge on any atom is 0.408 e. The van der Waals surface area contributed by atoms with Crippen LogP contribution in [0.3, 0.4) is 0 Å². The summed E-state index contributed by atoms with van der Waals surface area (Å²) in [6.45, 7) is 15.0. The van der Waals surface area contributed by atoms with Crippen molar-refractivity contribution < 1.29 is 24.2 Å². The minimum atomic E-state index is -1.08. The van der Waals surface area contributed by atoms with Crippen molar-refractivity contribution in [3.63, 3.8) is 0 Å². The van der Waals surface area contributed by atoms with Crippen molar-refractivity contribution in [2.45, 2.75) is 98.4 Å².